The maximum Gasteiger partial charge on any atom is 0.252 e. The molecule has 0 unspecified atom stereocenters. The third-order valence-electron chi connectivity index (χ3n) is 8.30. The Labute approximate surface area is 264 Å². The summed E-state index contributed by atoms with van der Waals surface area (Å²) in [6.07, 6.45) is 3.20. The van der Waals surface area contributed by atoms with E-state index < -0.39 is 0 Å². The van der Waals surface area contributed by atoms with Crippen LogP contribution in [0.2, 0.25) is 0 Å². The standard InChI is InChI=1S/C36H32N4O2S2/c1-21-11-17-33(43-21)31-19-27(25-7-3-5-9-29(25)39-31)35(41)37-23-13-15-24(16-14-23)38-36(42)28-20-32(34-18-12-22(2)44-34)40-30-10-6-4-8-26(28)30/h3-12,17-20,23-24H,13-16H2,1-2H3,(H,37,41)(H,38,42). The monoisotopic (exact) mass is 616 g/mol. The lowest BCUT2D eigenvalue weighted by atomic mass is 9.90. The Morgan fingerprint density at radius 1 is 0.614 bits per heavy atom. The number of pyridine rings is 2. The van der Waals surface area contributed by atoms with Crippen LogP contribution in [-0.4, -0.2) is 33.9 Å². The largest absolute Gasteiger partial charge is 0.349 e. The van der Waals surface area contributed by atoms with Gasteiger partial charge in [-0.25, -0.2) is 9.97 Å². The van der Waals surface area contributed by atoms with Crippen LogP contribution in [-0.2, 0) is 0 Å². The zero-order valence-electron chi connectivity index (χ0n) is 24.6. The van der Waals surface area contributed by atoms with Crippen LogP contribution in [0.4, 0.5) is 0 Å². The molecule has 4 heterocycles. The lowest BCUT2D eigenvalue weighted by Gasteiger charge is -2.30. The van der Waals surface area contributed by atoms with Gasteiger partial charge in [-0.3, -0.25) is 9.59 Å². The fourth-order valence-corrected chi connectivity index (χ4v) is 7.69. The highest BCUT2D eigenvalue weighted by molar-refractivity contribution is 7.15. The molecule has 7 rings (SSSR count). The number of fused-ring (bicyclic) bond motifs is 2. The summed E-state index contributed by atoms with van der Waals surface area (Å²) in [5.41, 5.74) is 4.56. The maximum absolute atomic E-state index is 13.6. The van der Waals surface area contributed by atoms with Gasteiger partial charge in [-0.2, -0.15) is 0 Å². The summed E-state index contributed by atoms with van der Waals surface area (Å²) < 4.78 is 0. The number of rotatable bonds is 6. The number of aromatic nitrogens is 2. The van der Waals surface area contributed by atoms with Crippen LogP contribution in [0, 0.1) is 13.8 Å². The van der Waals surface area contributed by atoms with E-state index in [0.717, 1.165) is 68.6 Å². The van der Waals surface area contributed by atoms with Crippen LogP contribution in [0.3, 0.4) is 0 Å². The summed E-state index contributed by atoms with van der Waals surface area (Å²) in [4.78, 5) is 41.5. The number of carbonyl (C=O) groups is 2. The van der Waals surface area contributed by atoms with E-state index in [1.807, 2.05) is 60.7 Å². The fraction of sp³-hybridized carbons (Fsp3) is 0.222. The van der Waals surface area contributed by atoms with Gasteiger partial charge in [-0.05, 0) is 88.1 Å². The molecule has 0 saturated heterocycles. The SMILES string of the molecule is Cc1ccc(-c2cc(C(=O)NC3CCC(NC(=O)c4cc(-c5ccc(C)s5)nc5ccccc45)CC3)c3ccccc3n2)s1. The summed E-state index contributed by atoms with van der Waals surface area (Å²) in [5, 5.41) is 8.27. The Morgan fingerprint density at radius 2 is 1.02 bits per heavy atom. The predicted octanol–water partition coefficient (Wildman–Crippen LogP) is 8.33. The Hall–Kier alpha value is -4.40. The third kappa shape index (κ3) is 5.75. The van der Waals surface area contributed by atoms with E-state index >= 15 is 0 Å². The molecule has 2 N–H and O–H groups in total. The van der Waals surface area contributed by atoms with Crippen LogP contribution in [0.15, 0.2) is 84.9 Å². The molecule has 0 spiro atoms. The highest BCUT2D eigenvalue weighted by Crippen LogP contribution is 2.32. The molecule has 0 aliphatic heterocycles. The van der Waals surface area contributed by atoms with Gasteiger partial charge in [0.1, 0.15) is 0 Å². The van der Waals surface area contributed by atoms with Gasteiger partial charge in [0.15, 0.2) is 0 Å². The van der Waals surface area contributed by atoms with Gasteiger partial charge in [0, 0.05) is 32.6 Å². The van der Waals surface area contributed by atoms with Crippen molar-refractivity contribution in [3.8, 4) is 21.1 Å². The highest BCUT2D eigenvalue weighted by Gasteiger charge is 2.26. The lowest BCUT2D eigenvalue weighted by molar-refractivity contribution is 0.0893. The van der Waals surface area contributed by atoms with Gasteiger partial charge in [0.25, 0.3) is 11.8 Å². The minimum Gasteiger partial charge on any atom is -0.349 e. The molecule has 6 aromatic rings. The average Bonchev–Trinajstić information content (AvgIpc) is 3.69. The summed E-state index contributed by atoms with van der Waals surface area (Å²) >= 11 is 3.36. The number of nitrogens with zero attached hydrogens (tertiary/aromatic N) is 2. The van der Waals surface area contributed by atoms with Crippen LogP contribution in [0.1, 0.15) is 56.2 Å². The van der Waals surface area contributed by atoms with Crippen molar-refractivity contribution in [2.24, 2.45) is 0 Å². The van der Waals surface area contributed by atoms with E-state index in [0.29, 0.717) is 11.1 Å². The molecule has 2 amide bonds. The number of thiophene rings is 2. The molecule has 8 heteroatoms. The first kappa shape index (κ1) is 28.4. The van der Waals surface area contributed by atoms with Gasteiger partial charge in [0.2, 0.25) is 0 Å². The van der Waals surface area contributed by atoms with Crippen molar-refractivity contribution in [3.63, 3.8) is 0 Å². The van der Waals surface area contributed by atoms with E-state index in [1.165, 1.54) is 9.75 Å². The molecule has 0 bridgehead atoms. The lowest BCUT2D eigenvalue weighted by Crippen LogP contribution is -2.43. The minimum atomic E-state index is -0.0785. The summed E-state index contributed by atoms with van der Waals surface area (Å²) in [7, 11) is 0. The van der Waals surface area contributed by atoms with Crippen molar-refractivity contribution >= 4 is 56.3 Å². The van der Waals surface area contributed by atoms with Crippen molar-refractivity contribution in [2.75, 3.05) is 0 Å². The molecule has 1 aliphatic carbocycles. The molecule has 4 aromatic heterocycles. The highest BCUT2D eigenvalue weighted by atomic mass is 32.1. The van der Waals surface area contributed by atoms with E-state index in [-0.39, 0.29) is 23.9 Å². The maximum atomic E-state index is 13.6. The molecule has 44 heavy (non-hydrogen) atoms. The van der Waals surface area contributed by atoms with E-state index in [1.54, 1.807) is 22.7 Å². The Bertz CT molecular complexity index is 1870. The number of amides is 2. The van der Waals surface area contributed by atoms with Crippen molar-refractivity contribution in [2.45, 2.75) is 51.6 Å². The second-order valence-electron chi connectivity index (χ2n) is 11.5. The first-order valence-electron chi connectivity index (χ1n) is 15.0. The van der Waals surface area contributed by atoms with Gasteiger partial charge >= 0.3 is 0 Å². The third-order valence-corrected chi connectivity index (χ3v) is 10.4. The Kier molecular flexibility index (Phi) is 7.70. The van der Waals surface area contributed by atoms with Crippen molar-refractivity contribution in [3.05, 3.63) is 106 Å². The summed E-state index contributed by atoms with van der Waals surface area (Å²) in [6.45, 7) is 4.15. The Balaban J connectivity index is 1.04. The van der Waals surface area contributed by atoms with Gasteiger partial charge in [0.05, 0.1) is 43.3 Å². The molecule has 0 radical (unpaired) electrons. The van der Waals surface area contributed by atoms with Crippen molar-refractivity contribution in [1.82, 2.24) is 20.6 Å². The summed E-state index contributed by atoms with van der Waals surface area (Å²) in [6, 6.07) is 27.8. The molecule has 1 saturated carbocycles. The first-order chi connectivity index (χ1) is 21.4. The topological polar surface area (TPSA) is 84.0 Å². The number of nitrogens with one attached hydrogen (secondary N) is 2. The second-order valence-corrected chi connectivity index (χ2v) is 14.0. The fourth-order valence-electron chi connectivity index (χ4n) is 6.03. The van der Waals surface area contributed by atoms with Crippen LogP contribution >= 0.6 is 22.7 Å². The van der Waals surface area contributed by atoms with Gasteiger partial charge < -0.3 is 10.6 Å². The van der Waals surface area contributed by atoms with Crippen LogP contribution < -0.4 is 10.6 Å². The van der Waals surface area contributed by atoms with Gasteiger partial charge in [-0.15, -0.1) is 22.7 Å². The molecule has 1 aliphatic rings. The molecular weight excluding hydrogens is 585 g/mol. The molecule has 0 atom stereocenters. The first-order valence-corrected chi connectivity index (χ1v) is 16.6. The number of aryl methyl sites for hydroxylation is 2. The number of para-hydroxylation sites is 2. The Morgan fingerprint density at radius 3 is 1.41 bits per heavy atom. The van der Waals surface area contributed by atoms with E-state index in [9.17, 15) is 9.59 Å². The van der Waals surface area contributed by atoms with E-state index in [4.69, 9.17) is 9.97 Å². The smallest absolute Gasteiger partial charge is 0.252 e. The number of carbonyl (C=O) groups excluding carboxylic acids is 2. The zero-order valence-corrected chi connectivity index (χ0v) is 26.2. The number of hydrogen-bond donors (Lipinski definition) is 2. The van der Waals surface area contributed by atoms with Crippen molar-refractivity contribution in [1.29, 1.82) is 0 Å². The second kappa shape index (κ2) is 11.9. The van der Waals surface area contributed by atoms with Crippen LogP contribution in [0.5, 0.6) is 0 Å². The average molecular weight is 617 g/mol. The van der Waals surface area contributed by atoms with Crippen LogP contribution in [0.25, 0.3) is 42.9 Å². The molecular formula is C36H32N4O2S2. The van der Waals surface area contributed by atoms with Gasteiger partial charge in [-0.1, -0.05) is 36.4 Å². The molecule has 2 aromatic carbocycles. The van der Waals surface area contributed by atoms with E-state index in [2.05, 4.69) is 48.7 Å². The zero-order chi connectivity index (χ0) is 30.2. The molecule has 6 nitrogen and oxygen atoms in total. The normalized spacial score (nSPS) is 16.7. The summed E-state index contributed by atoms with van der Waals surface area (Å²) in [5.74, 6) is -0.157. The quantitative estimate of drug-likeness (QED) is 0.197. The van der Waals surface area contributed by atoms with Crippen molar-refractivity contribution < 1.29 is 9.59 Å². The molecule has 220 valence electrons. The number of benzene rings is 2. The minimum absolute atomic E-state index is 0.0467. The predicted molar refractivity (Wildman–Crippen MR) is 181 cm³/mol. The number of hydrogen-bond acceptors (Lipinski definition) is 6. The molecule has 1 fully saturated rings.